The first-order chi connectivity index (χ1) is 7.54. The van der Waals surface area contributed by atoms with Crippen LogP contribution in [0.25, 0.3) is 0 Å². The van der Waals surface area contributed by atoms with Gasteiger partial charge in [0, 0.05) is 6.54 Å². The molecule has 0 saturated carbocycles. The zero-order chi connectivity index (χ0) is 12.1. The minimum absolute atomic E-state index is 0.373. The minimum atomic E-state index is -0.373. The Bertz CT molecular complexity index is 363. The standard InChI is InChI=1S/C13H19NO2/c1-9-7-10(2)12(11(3)8-9)5-6-14-13(15)16-4/h7-8H,5-6H2,1-4H3,(H,14,15). The van der Waals surface area contributed by atoms with Gasteiger partial charge in [-0.3, -0.25) is 0 Å². The highest BCUT2D eigenvalue weighted by molar-refractivity contribution is 5.66. The van der Waals surface area contributed by atoms with Crippen LogP contribution in [-0.2, 0) is 11.2 Å². The minimum Gasteiger partial charge on any atom is -0.453 e. The lowest BCUT2D eigenvalue weighted by Crippen LogP contribution is -2.25. The summed E-state index contributed by atoms with van der Waals surface area (Å²) in [7, 11) is 1.37. The first-order valence-corrected chi connectivity index (χ1v) is 5.43. The van der Waals surface area contributed by atoms with Crippen LogP contribution in [0.2, 0.25) is 0 Å². The molecule has 3 heteroatoms. The van der Waals surface area contributed by atoms with Gasteiger partial charge >= 0.3 is 6.09 Å². The van der Waals surface area contributed by atoms with Gasteiger partial charge in [-0.15, -0.1) is 0 Å². The van der Waals surface area contributed by atoms with Crippen molar-refractivity contribution < 1.29 is 9.53 Å². The number of methoxy groups -OCH3 is 1. The van der Waals surface area contributed by atoms with Crippen LogP contribution in [0.3, 0.4) is 0 Å². The summed E-state index contributed by atoms with van der Waals surface area (Å²) < 4.78 is 4.52. The van der Waals surface area contributed by atoms with Gasteiger partial charge in [-0.2, -0.15) is 0 Å². The third kappa shape index (κ3) is 3.26. The molecular formula is C13H19NO2. The van der Waals surface area contributed by atoms with Crippen molar-refractivity contribution in [2.75, 3.05) is 13.7 Å². The molecular weight excluding hydrogens is 202 g/mol. The van der Waals surface area contributed by atoms with E-state index in [0.29, 0.717) is 6.54 Å². The summed E-state index contributed by atoms with van der Waals surface area (Å²) in [5.41, 5.74) is 5.15. The summed E-state index contributed by atoms with van der Waals surface area (Å²) >= 11 is 0. The number of carbonyl (C=O) groups is 1. The van der Waals surface area contributed by atoms with Gasteiger partial charge in [-0.25, -0.2) is 4.79 Å². The number of hydrogen-bond donors (Lipinski definition) is 1. The van der Waals surface area contributed by atoms with E-state index in [1.165, 1.54) is 29.4 Å². The lowest BCUT2D eigenvalue weighted by atomic mass is 9.97. The van der Waals surface area contributed by atoms with Crippen molar-refractivity contribution in [2.24, 2.45) is 0 Å². The summed E-state index contributed by atoms with van der Waals surface area (Å²) in [4.78, 5) is 10.9. The van der Waals surface area contributed by atoms with Crippen LogP contribution in [0.5, 0.6) is 0 Å². The number of benzene rings is 1. The molecule has 1 amide bonds. The van der Waals surface area contributed by atoms with E-state index in [1.54, 1.807) is 0 Å². The van der Waals surface area contributed by atoms with Crippen molar-refractivity contribution in [3.63, 3.8) is 0 Å². The fourth-order valence-corrected chi connectivity index (χ4v) is 1.97. The smallest absolute Gasteiger partial charge is 0.406 e. The number of aryl methyl sites for hydroxylation is 3. The van der Waals surface area contributed by atoms with Crippen molar-refractivity contribution in [3.05, 3.63) is 34.4 Å². The molecule has 1 N–H and O–H groups in total. The predicted octanol–water partition coefficient (Wildman–Crippen LogP) is 2.51. The van der Waals surface area contributed by atoms with Gasteiger partial charge in [0.1, 0.15) is 0 Å². The zero-order valence-corrected chi connectivity index (χ0v) is 10.4. The van der Waals surface area contributed by atoms with Crippen LogP contribution in [0.4, 0.5) is 4.79 Å². The Morgan fingerprint density at radius 3 is 2.31 bits per heavy atom. The maximum Gasteiger partial charge on any atom is 0.406 e. The second-order valence-corrected chi connectivity index (χ2v) is 4.05. The second kappa shape index (κ2) is 5.54. The van der Waals surface area contributed by atoms with E-state index in [-0.39, 0.29) is 6.09 Å². The van der Waals surface area contributed by atoms with E-state index in [4.69, 9.17) is 0 Å². The van der Waals surface area contributed by atoms with E-state index >= 15 is 0 Å². The monoisotopic (exact) mass is 221 g/mol. The fourth-order valence-electron chi connectivity index (χ4n) is 1.97. The van der Waals surface area contributed by atoms with Gasteiger partial charge in [0.15, 0.2) is 0 Å². The molecule has 16 heavy (non-hydrogen) atoms. The summed E-state index contributed by atoms with van der Waals surface area (Å²) in [5, 5.41) is 2.69. The fraction of sp³-hybridized carbons (Fsp3) is 0.462. The average molecular weight is 221 g/mol. The van der Waals surface area contributed by atoms with Crippen molar-refractivity contribution in [1.29, 1.82) is 0 Å². The molecule has 0 aliphatic rings. The number of nitrogens with one attached hydrogen (secondary N) is 1. The molecule has 0 aliphatic heterocycles. The Hall–Kier alpha value is -1.51. The van der Waals surface area contributed by atoms with E-state index in [9.17, 15) is 4.79 Å². The number of hydrogen-bond acceptors (Lipinski definition) is 2. The Morgan fingerprint density at radius 1 is 1.25 bits per heavy atom. The van der Waals surface area contributed by atoms with E-state index in [0.717, 1.165) is 6.42 Å². The molecule has 0 spiro atoms. The quantitative estimate of drug-likeness (QED) is 0.851. The lowest BCUT2D eigenvalue weighted by molar-refractivity contribution is 0.171. The van der Waals surface area contributed by atoms with E-state index in [1.807, 2.05) is 0 Å². The molecule has 0 bridgehead atoms. The van der Waals surface area contributed by atoms with Crippen LogP contribution in [0, 0.1) is 20.8 Å². The Kier molecular flexibility index (Phi) is 4.35. The van der Waals surface area contributed by atoms with E-state index in [2.05, 4.69) is 43.0 Å². The number of amides is 1. The van der Waals surface area contributed by atoms with Crippen LogP contribution in [-0.4, -0.2) is 19.7 Å². The molecule has 0 heterocycles. The van der Waals surface area contributed by atoms with Crippen molar-refractivity contribution >= 4 is 6.09 Å². The Balaban J connectivity index is 2.64. The number of alkyl carbamates (subject to hydrolysis) is 1. The van der Waals surface area contributed by atoms with Crippen LogP contribution in [0.15, 0.2) is 12.1 Å². The molecule has 3 nitrogen and oxygen atoms in total. The van der Waals surface area contributed by atoms with Gasteiger partial charge in [-0.1, -0.05) is 17.7 Å². The topological polar surface area (TPSA) is 38.3 Å². The van der Waals surface area contributed by atoms with Gasteiger partial charge in [-0.05, 0) is 43.9 Å². The van der Waals surface area contributed by atoms with Crippen LogP contribution in [0.1, 0.15) is 22.3 Å². The third-order valence-electron chi connectivity index (χ3n) is 2.67. The highest BCUT2D eigenvalue weighted by Crippen LogP contribution is 2.16. The molecule has 0 fully saturated rings. The summed E-state index contributed by atoms with van der Waals surface area (Å²) in [6.45, 7) is 6.91. The summed E-state index contributed by atoms with van der Waals surface area (Å²) in [6.07, 6.45) is 0.468. The van der Waals surface area contributed by atoms with Crippen molar-refractivity contribution in [2.45, 2.75) is 27.2 Å². The maximum absolute atomic E-state index is 10.9. The van der Waals surface area contributed by atoms with E-state index < -0.39 is 0 Å². The molecule has 1 aromatic rings. The van der Waals surface area contributed by atoms with Crippen LogP contribution >= 0.6 is 0 Å². The molecule has 88 valence electrons. The number of rotatable bonds is 3. The SMILES string of the molecule is COC(=O)NCCc1c(C)cc(C)cc1C. The molecule has 0 radical (unpaired) electrons. The average Bonchev–Trinajstić information content (AvgIpc) is 2.21. The maximum atomic E-state index is 10.9. The molecule has 1 rings (SSSR count). The third-order valence-corrected chi connectivity index (χ3v) is 2.67. The normalized spacial score (nSPS) is 10.0. The Labute approximate surface area is 96.8 Å². The highest BCUT2D eigenvalue weighted by atomic mass is 16.5. The molecule has 0 saturated heterocycles. The Morgan fingerprint density at radius 2 is 1.81 bits per heavy atom. The lowest BCUT2D eigenvalue weighted by Gasteiger charge is -2.11. The summed E-state index contributed by atoms with van der Waals surface area (Å²) in [6, 6.07) is 4.33. The first-order valence-electron chi connectivity index (χ1n) is 5.43. The summed E-state index contributed by atoms with van der Waals surface area (Å²) in [5.74, 6) is 0. The molecule has 0 unspecified atom stereocenters. The highest BCUT2D eigenvalue weighted by Gasteiger charge is 2.04. The number of ether oxygens (including phenoxy) is 1. The first kappa shape index (κ1) is 12.6. The van der Waals surface area contributed by atoms with Gasteiger partial charge < -0.3 is 10.1 Å². The zero-order valence-electron chi connectivity index (χ0n) is 10.4. The number of carbonyl (C=O) groups excluding carboxylic acids is 1. The van der Waals surface area contributed by atoms with Crippen LogP contribution < -0.4 is 5.32 Å². The van der Waals surface area contributed by atoms with Gasteiger partial charge in [0.25, 0.3) is 0 Å². The van der Waals surface area contributed by atoms with Crippen molar-refractivity contribution in [1.82, 2.24) is 5.32 Å². The molecule has 0 aliphatic carbocycles. The molecule has 1 aromatic carbocycles. The largest absolute Gasteiger partial charge is 0.453 e. The molecule has 0 aromatic heterocycles. The van der Waals surface area contributed by atoms with Gasteiger partial charge in [0.05, 0.1) is 7.11 Å². The molecule has 0 atom stereocenters. The second-order valence-electron chi connectivity index (χ2n) is 4.05. The predicted molar refractivity (Wildman–Crippen MR) is 64.8 cm³/mol. The van der Waals surface area contributed by atoms with Crippen molar-refractivity contribution in [3.8, 4) is 0 Å². The van der Waals surface area contributed by atoms with Gasteiger partial charge in [0.2, 0.25) is 0 Å².